The summed E-state index contributed by atoms with van der Waals surface area (Å²) in [5.41, 5.74) is 2.03. The van der Waals surface area contributed by atoms with Gasteiger partial charge in [0.15, 0.2) is 0 Å². The number of rotatable bonds is 3. The summed E-state index contributed by atoms with van der Waals surface area (Å²) in [6, 6.07) is 15.7. The van der Waals surface area contributed by atoms with Crippen molar-refractivity contribution in [2.45, 2.75) is 6.54 Å². The summed E-state index contributed by atoms with van der Waals surface area (Å²) < 4.78 is 1.15. The Morgan fingerprint density at radius 3 is 2.17 bits per heavy atom. The third-order valence-electron chi connectivity index (χ3n) is 4.07. The van der Waals surface area contributed by atoms with Gasteiger partial charge >= 0.3 is 0 Å². The second kappa shape index (κ2) is 7.64. The summed E-state index contributed by atoms with van der Waals surface area (Å²) in [4.78, 5) is 16.8. The van der Waals surface area contributed by atoms with Gasteiger partial charge in [-0.3, -0.25) is 9.69 Å². The van der Waals surface area contributed by atoms with Crippen LogP contribution in [0, 0.1) is 3.57 Å². The summed E-state index contributed by atoms with van der Waals surface area (Å²) in [6.45, 7) is 4.26. The van der Waals surface area contributed by atoms with Gasteiger partial charge in [0, 0.05) is 46.9 Å². The summed E-state index contributed by atoms with van der Waals surface area (Å²) in [5, 5.41) is 0.765. The van der Waals surface area contributed by atoms with Crippen molar-refractivity contribution < 1.29 is 4.79 Å². The van der Waals surface area contributed by atoms with Crippen molar-refractivity contribution in [3.8, 4) is 0 Å². The molecule has 0 saturated carbocycles. The summed E-state index contributed by atoms with van der Waals surface area (Å²) >= 11 is 8.17. The molecule has 5 heteroatoms. The number of hydrogen-bond acceptors (Lipinski definition) is 2. The molecule has 0 bridgehead atoms. The molecule has 1 saturated heterocycles. The van der Waals surface area contributed by atoms with E-state index in [0.717, 1.165) is 46.9 Å². The summed E-state index contributed by atoms with van der Waals surface area (Å²) in [7, 11) is 0. The average Bonchev–Trinajstić information content (AvgIpc) is 2.58. The topological polar surface area (TPSA) is 23.6 Å². The smallest absolute Gasteiger partial charge is 0.253 e. The average molecular weight is 441 g/mol. The maximum Gasteiger partial charge on any atom is 0.253 e. The zero-order valence-corrected chi connectivity index (χ0v) is 15.6. The van der Waals surface area contributed by atoms with Crippen LogP contribution in [0.1, 0.15) is 15.9 Å². The van der Waals surface area contributed by atoms with Crippen LogP contribution in [0.2, 0.25) is 5.02 Å². The maximum atomic E-state index is 12.5. The van der Waals surface area contributed by atoms with Gasteiger partial charge in [0.05, 0.1) is 0 Å². The fourth-order valence-electron chi connectivity index (χ4n) is 2.73. The van der Waals surface area contributed by atoms with Gasteiger partial charge in [-0.05, 0) is 64.6 Å². The molecule has 1 fully saturated rings. The quantitative estimate of drug-likeness (QED) is 0.676. The number of carbonyl (C=O) groups is 1. The Morgan fingerprint density at radius 2 is 1.57 bits per heavy atom. The van der Waals surface area contributed by atoms with Crippen LogP contribution in [-0.2, 0) is 6.54 Å². The lowest BCUT2D eigenvalue weighted by molar-refractivity contribution is 0.0628. The zero-order valence-electron chi connectivity index (χ0n) is 12.7. The standard InChI is InChI=1S/C18H18ClIN2O/c19-16-5-1-14(2-6-16)13-21-9-11-22(12-10-21)18(23)15-3-7-17(20)8-4-15/h1-8H,9-13H2. The van der Waals surface area contributed by atoms with E-state index in [-0.39, 0.29) is 5.91 Å². The van der Waals surface area contributed by atoms with E-state index in [1.165, 1.54) is 5.56 Å². The van der Waals surface area contributed by atoms with E-state index in [9.17, 15) is 4.79 Å². The second-order valence-corrected chi connectivity index (χ2v) is 7.38. The molecule has 0 radical (unpaired) electrons. The third-order valence-corrected chi connectivity index (χ3v) is 5.04. The third kappa shape index (κ3) is 4.46. The van der Waals surface area contributed by atoms with E-state index in [2.05, 4.69) is 39.6 Å². The highest BCUT2D eigenvalue weighted by Crippen LogP contribution is 2.15. The Kier molecular flexibility index (Phi) is 5.56. The Labute approximate surface area is 155 Å². The molecule has 0 atom stereocenters. The highest BCUT2D eigenvalue weighted by Gasteiger charge is 2.22. The predicted molar refractivity (Wildman–Crippen MR) is 102 cm³/mol. The van der Waals surface area contributed by atoms with Gasteiger partial charge in [0.1, 0.15) is 0 Å². The van der Waals surface area contributed by atoms with Crippen molar-refractivity contribution in [2.24, 2.45) is 0 Å². The normalized spacial score (nSPS) is 15.7. The molecule has 0 spiro atoms. The van der Waals surface area contributed by atoms with Crippen LogP contribution in [0.4, 0.5) is 0 Å². The van der Waals surface area contributed by atoms with Crippen molar-refractivity contribution in [2.75, 3.05) is 26.2 Å². The first-order valence-electron chi connectivity index (χ1n) is 7.63. The van der Waals surface area contributed by atoms with Gasteiger partial charge in [-0.25, -0.2) is 0 Å². The van der Waals surface area contributed by atoms with Crippen LogP contribution < -0.4 is 0 Å². The number of amides is 1. The van der Waals surface area contributed by atoms with Gasteiger partial charge < -0.3 is 4.90 Å². The highest BCUT2D eigenvalue weighted by molar-refractivity contribution is 14.1. The Bertz CT molecular complexity index is 664. The van der Waals surface area contributed by atoms with E-state index in [0.29, 0.717) is 0 Å². The second-order valence-electron chi connectivity index (χ2n) is 5.70. The molecule has 23 heavy (non-hydrogen) atoms. The van der Waals surface area contributed by atoms with Crippen LogP contribution >= 0.6 is 34.2 Å². The minimum atomic E-state index is 0.132. The number of halogens is 2. The van der Waals surface area contributed by atoms with Crippen LogP contribution in [0.5, 0.6) is 0 Å². The first-order chi connectivity index (χ1) is 11.1. The van der Waals surface area contributed by atoms with Crippen molar-refractivity contribution in [1.82, 2.24) is 9.80 Å². The van der Waals surface area contributed by atoms with Crippen molar-refractivity contribution in [3.63, 3.8) is 0 Å². The van der Waals surface area contributed by atoms with E-state index >= 15 is 0 Å². The first-order valence-corrected chi connectivity index (χ1v) is 9.09. The van der Waals surface area contributed by atoms with Crippen molar-refractivity contribution >= 4 is 40.1 Å². The van der Waals surface area contributed by atoms with E-state index in [1.807, 2.05) is 41.3 Å². The van der Waals surface area contributed by atoms with Crippen LogP contribution in [-0.4, -0.2) is 41.9 Å². The van der Waals surface area contributed by atoms with Gasteiger partial charge in [0.25, 0.3) is 5.91 Å². The lowest BCUT2D eigenvalue weighted by Crippen LogP contribution is -2.48. The number of piperazine rings is 1. The van der Waals surface area contributed by atoms with E-state index in [4.69, 9.17) is 11.6 Å². The molecule has 3 nitrogen and oxygen atoms in total. The van der Waals surface area contributed by atoms with Gasteiger partial charge in [-0.2, -0.15) is 0 Å². The molecule has 2 aromatic carbocycles. The fourth-order valence-corrected chi connectivity index (χ4v) is 3.22. The number of nitrogens with zero attached hydrogens (tertiary/aromatic N) is 2. The summed E-state index contributed by atoms with van der Waals surface area (Å²) in [5.74, 6) is 0.132. The van der Waals surface area contributed by atoms with Crippen LogP contribution in [0.25, 0.3) is 0 Å². The number of benzene rings is 2. The number of hydrogen-bond donors (Lipinski definition) is 0. The van der Waals surface area contributed by atoms with E-state index in [1.54, 1.807) is 0 Å². The van der Waals surface area contributed by atoms with Crippen molar-refractivity contribution in [1.29, 1.82) is 0 Å². The zero-order chi connectivity index (χ0) is 16.2. The van der Waals surface area contributed by atoms with Crippen LogP contribution in [0.15, 0.2) is 48.5 Å². The molecule has 0 N–H and O–H groups in total. The Hall–Kier alpha value is -1.11. The molecule has 3 rings (SSSR count). The molecule has 1 heterocycles. The SMILES string of the molecule is O=C(c1ccc(I)cc1)N1CCN(Cc2ccc(Cl)cc2)CC1. The lowest BCUT2D eigenvalue weighted by atomic mass is 10.1. The molecule has 0 aromatic heterocycles. The molecule has 0 aliphatic carbocycles. The van der Waals surface area contributed by atoms with Gasteiger partial charge in [0.2, 0.25) is 0 Å². The monoisotopic (exact) mass is 440 g/mol. The Morgan fingerprint density at radius 1 is 0.957 bits per heavy atom. The molecule has 1 aliphatic heterocycles. The van der Waals surface area contributed by atoms with Gasteiger partial charge in [-0.15, -0.1) is 0 Å². The molecular formula is C18H18ClIN2O. The van der Waals surface area contributed by atoms with Crippen LogP contribution in [0.3, 0.4) is 0 Å². The molecule has 120 valence electrons. The molecule has 1 aliphatic rings. The largest absolute Gasteiger partial charge is 0.336 e. The van der Waals surface area contributed by atoms with E-state index < -0.39 is 0 Å². The number of carbonyl (C=O) groups excluding carboxylic acids is 1. The van der Waals surface area contributed by atoms with Gasteiger partial charge in [-0.1, -0.05) is 23.7 Å². The maximum absolute atomic E-state index is 12.5. The molecular weight excluding hydrogens is 423 g/mol. The summed E-state index contributed by atoms with van der Waals surface area (Å²) in [6.07, 6.45) is 0. The predicted octanol–water partition coefficient (Wildman–Crippen LogP) is 3.90. The Balaban J connectivity index is 1.54. The minimum Gasteiger partial charge on any atom is -0.336 e. The molecule has 2 aromatic rings. The minimum absolute atomic E-state index is 0.132. The fraction of sp³-hybridized carbons (Fsp3) is 0.278. The molecule has 0 unspecified atom stereocenters. The van der Waals surface area contributed by atoms with Crippen molar-refractivity contribution in [3.05, 3.63) is 68.3 Å². The molecule has 1 amide bonds. The lowest BCUT2D eigenvalue weighted by Gasteiger charge is -2.34. The highest BCUT2D eigenvalue weighted by atomic mass is 127. The first kappa shape index (κ1) is 16.7.